The minimum Gasteiger partial charge on any atom is -0.496 e. The second-order valence-corrected chi connectivity index (χ2v) is 6.91. The first kappa shape index (κ1) is 20.6. The summed E-state index contributed by atoms with van der Waals surface area (Å²) in [5, 5.41) is 2.99. The van der Waals surface area contributed by atoms with Crippen LogP contribution in [0.2, 0.25) is 0 Å². The van der Waals surface area contributed by atoms with E-state index >= 15 is 0 Å². The molecule has 7 heteroatoms. The molecule has 2 aromatic carbocycles. The summed E-state index contributed by atoms with van der Waals surface area (Å²) in [6.45, 7) is 4.26. The number of methoxy groups -OCH3 is 1. The summed E-state index contributed by atoms with van der Waals surface area (Å²) >= 11 is 0. The summed E-state index contributed by atoms with van der Waals surface area (Å²) in [5.74, 6) is 1.22. The first-order chi connectivity index (χ1) is 13.8. The van der Waals surface area contributed by atoms with E-state index in [9.17, 15) is 13.2 Å². The molecule has 0 saturated heterocycles. The molecular weight excluding hydrogens is 379 g/mol. The second-order valence-electron chi connectivity index (χ2n) is 6.91. The Morgan fingerprint density at radius 1 is 1.00 bits per heavy atom. The van der Waals surface area contributed by atoms with Crippen LogP contribution in [-0.2, 0) is 12.7 Å². The molecule has 0 unspecified atom stereocenters. The third kappa shape index (κ3) is 4.85. The van der Waals surface area contributed by atoms with E-state index in [4.69, 9.17) is 4.74 Å². The molecule has 0 aliphatic rings. The summed E-state index contributed by atoms with van der Waals surface area (Å²) in [6, 6.07) is 11.2. The Hall–Kier alpha value is -3.09. The Labute approximate surface area is 167 Å². The Kier molecular flexibility index (Phi) is 6.06. The number of hydrogen-bond acceptors (Lipinski definition) is 4. The van der Waals surface area contributed by atoms with Crippen LogP contribution in [-0.4, -0.2) is 17.1 Å². The highest BCUT2D eigenvalue weighted by molar-refractivity contribution is 5.75. The van der Waals surface area contributed by atoms with E-state index in [1.54, 1.807) is 25.6 Å². The fourth-order valence-corrected chi connectivity index (χ4v) is 3.04. The Morgan fingerprint density at radius 3 is 2.34 bits per heavy atom. The van der Waals surface area contributed by atoms with Gasteiger partial charge in [0.15, 0.2) is 0 Å². The first-order valence-electron chi connectivity index (χ1n) is 9.19. The minimum atomic E-state index is -4.43. The van der Waals surface area contributed by atoms with Gasteiger partial charge in [-0.3, -0.25) is 0 Å². The number of nitrogens with one attached hydrogen (secondary N) is 1. The standard InChI is InChI=1S/C22H22F3N3O/c1-14(2)15-5-8-20(29-3)19(12-15)18-7-6-17(22(23,24)25)11-16(18)13-28-21-26-9-4-10-27-21/h4-12,14H,13H2,1-3H3,(H,26,27,28). The third-order valence-corrected chi connectivity index (χ3v) is 4.62. The third-order valence-electron chi connectivity index (χ3n) is 4.62. The van der Waals surface area contributed by atoms with Crippen molar-refractivity contribution in [3.63, 3.8) is 0 Å². The van der Waals surface area contributed by atoms with Gasteiger partial charge in [0.1, 0.15) is 5.75 Å². The molecule has 3 rings (SSSR count). The molecule has 0 amide bonds. The molecule has 0 aliphatic heterocycles. The van der Waals surface area contributed by atoms with Crippen LogP contribution in [0, 0.1) is 0 Å². The predicted octanol–water partition coefficient (Wildman–Crippen LogP) is 5.91. The molecule has 3 aromatic rings. The number of hydrogen-bond donors (Lipinski definition) is 1. The highest BCUT2D eigenvalue weighted by atomic mass is 19.4. The zero-order valence-corrected chi connectivity index (χ0v) is 16.4. The van der Waals surface area contributed by atoms with Crippen molar-refractivity contribution >= 4 is 5.95 Å². The van der Waals surface area contributed by atoms with Crippen molar-refractivity contribution in [3.8, 4) is 16.9 Å². The molecule has 0 aliphatic carbocycles. The Bertz CT molecular complexity index is 973. The molecule has 0 spiro atoms. The van der Waals surface area contributed by atoms with E-state index in [2.05, 4.69) is 29.1 Å². The normalized spacial score (nSPS) is 11.6. The molecule has 0 fully saturated rings. The zero-order chi connectivity index (χ0) is 21.0. The molecule has 1 aromatic heterocycles. The van der Waals surface area contributed by atoms with Crippen LogP contribution in [0.15, 0.2) is 54.9 Å². The summed E-state index contributed by atoms with van der Waals surface area (Å²) in [4.78, 5) is 8.14. The number of rotatable bonds is 6. The van der Waals surface area contributed by atoms with Crippen molar-refractivity contribution < 1.29 is 17.9 Å². The van der Waals surface area contributed by atoms with E-state index in [0.717, 1.165) is 23.3 Å². The lowest BCUT2D eigenvalue weighted by molar-refractivity contribution is -0.137. The van der Waals surface area contributed by atoms with Crippen LogP contribution in [0.25, 0.3) is 11.1 Å². The van der Waals surface area contributed by atoms with Gasteiger partial charge in [0.05, 0.1) is 12.7 Å². The average molecular weight is 401 g/mol. The van der Waals surface area contributed by atoms with Crippen LogP contribution >= 0.6 is 0 Å². The maximum atomic E-state index is 13.3. The average Bonchev–Trinajstić information content (AvgIpc) is 2.71. The van der Waals surface area contributed by atoms with Gasteiger partial charge in [0.25, 0.3) is 0 Å². The number of nitrogens with zero attached hydrogens (tertiary/aromatic N) is 2. The number of alkyl halides is 3. The highest BCUT2D eigenvalue weighted by Crippen LogP contribution is 2.38. The highest BCUT2D eigenvalue weighted by Gasteiger charge is 2.31. The van der Waals surface area contributed by atoms with Crippen molar-refractivity contribution in [2.45, 2.75) is 32.5 Å². The van der Waals surface area contributed by atoms with Crippen LogP contribution in [0.3, 0.4) is 0 Å². The fraction of sp³-hybridized carbons (Fsp3) is 0.273. The topological polar surface area (TPSA) is 47.0 Å². The molecule has 1 N–H and O–H groups in total. The fourth-order valence-electron chi connectivity index (χ4n) is 3.04. The first-order valence-corrected chi connectivity index (χ1v) is 9.19. The molecule has 0 radical (unpaired) electrons. The smallest absolute Gasteiger partial charge is 0.416 e. The van der Waals surface area contributed by atoms with E-state index in [0.29, 0.717) is 22.8 Å². The lowest BCUT2D eigenvalue weighted by atomic mass is 9.92. The quantitative estimate of drug-likeness (QED) is 0.558. The van der Waals surface area contributed by atoms with E-state index < -0.39 is 11.7 Å². The number of aromatic nitrogens is 2. The molecule has 0 atom stereocenters. The van der Waals surface area contributed by atoms with Gasteiger partial charge in [-0.2, -0.15) is 13.2 Å². The maximum Gasteiger partial charge on any atom is 0.416 e. The van der Waals surface area contributed by atoms with Crippen molar-refractivity contribution in [1.82, 2.24) is 9.97 Å². The molecule has 1 heterocycles. The van der Waals surface area contributed by atoms with Crippen LogP contribution < -0.4 is 10.1 Å². The van der Waals surface area contributed by atoms with Crippen LogP contribution in [0.5, 0.6) is 5.75 Å². The monoisotopic (exact) mass is 401 g/mol. The Balaban J connectivity index is 2.09. The number of halogens is 3. The number of benzene rings is 2. The number of anilines is 1. The maximum absolute atomic E-state index is 13.3. The summed E-state index contributed by atoms with van der Waals surface area (Å²) in [7, 11) is 1.55. The SMILES string of the molecule is COc1ccc(C(C)C)cc1-c1ccc(C(F)(F)F)cc1CNc1ncccn1. The van der Waals surface area contributed by atoms with Crippen molar-refractivity contribution in [1.29, 1.82) is 0 Å². The van der Waals surface area contributed by atoms with Crippen molar-refractivity contribution in [3.05, 3.63) is 71.5 Å². The van der Waals surface area contributed by atoms with Crippen molar-refractivity contribution in [2.75, 3.05) is 12.4 Å². The van der Waals surface area contributed by atoms with Gasteiger partial charge >= 0.3 is 6.18 Å². The van der Waals surface area contributed by atoms with E-state index in [1.807, 2.05) is 18.2 Å². The van der Waals surface area contributed by atoms with Gasteiger partial charge in [-0.1, -0.05) is 26.0 Å². The summed E-state index contributed by atoms with van der Waals surface area (Å²) in [5.41, 5.74) is 2.27. The predicted molar refractivity (Wildman–Crippen MR) is 107 cm³/mol. The van der Waals surface area contributed by atoms with Crippen LogP contribution in [0.1, 0.15) is 36.5 Å². The largest absolute Gasteiger partial charge is 0.496 e. The molecule has 4 nitrogen and oxygen atoms in total. The van der Waals surface area contributed by atoms with Gasteiger partial charge in [0.2, 0.25) is 5.95 Å². The van der Waals surface area contributed by atoms with E-state index in [1.165, 1.54) is 6.07 Å². The number of ether oxygens (including phenoxy) is 1. The van der Waals surface area contributed by atoms with Gasteiger partial charge in [-0.15, -0.1) is 0 Å². The molecule has 152 valence electrons. The van der Waals surface area contributed by atoms with Crippen molar-refractivity contribution in [2.24, 2.45) is 0 Å². The molecular formula is C22H22F3N3O. The van der Waals surface area contributed by atoms with Gasteiger partial charge in [0, 0.05) is 24.5 Å². The van der Waals surface area contributed by atoms with Gasteiger partial charge in [-0.25, -0.2) is 9.97 Å². The van der Waals surface area contributed by atoms with Gasteiger partial charge in [-0.05, 0) is 52.9 Å². The molecule has 0 saturated carbocycles. The lowest BCUT2D eigenvalue weighted by Gasteiger charge is -2.18. The summed E-state index contributed by atoms with van der Waals surface area (Å²) in [6.07, 6.45) is -1.30. The van der Waals surface area contributed by atoms with Crippen LogP contribution in [0.4, 0.5) is 19.1 Å². The Morgan fingerprint density at radius 2 is 1.72 bits per heavy atom. The van der Waals surface area contributed by atoms with Gasteiger partial charge < -0.3 is 10.1 Å². The molecule has 0 bridgehead atoms. The zero-order valence-electron chi connectivity index (χ0n) is 16.4. The molecule has 29 heavy (non-hydrogen) atoms. The minimum absolute atomic E-state index is 0.137. The van der Waals surface area contributed by atoms with E-state index in [-0.39, 0.29) is 12.5 Å². The second kappa shape index (κ2) is 8.51. The summed E-state index contributed by atoms with van der Waals surface area (Å²) < 4.78 is 45.4. The lowest BCUT2D eigenvalue weighted by Crippen LogP contribution is -2.09.